The lowest BCUT2D eigenvalue weighted by Gasteiger charge is -2.20. The van der Waals surface area contributed by atoms with Crippen LogP contribution < -0.4 is 0 Å². The predicted molar refractivity (Wildman–Crippen MR) is 201 cm³/mol. The van der Waals surface area contributed by atoms with Crippen LogP contribution in [0.2, 0.25) is 0 Å². The minimum atomic E-state index is -4.61. The highest BCUT2D eigenvalue weighted by Gasteiger charge is 2.27. The first-order valence-electron chi connectivity index (χ1n) is 20.1. The van der Waals surface area contributed by atoms with Crippen LogP contribution in [0.25, 0.3) is 0 Å². The summed E-state index contributed by atoms with van der Waals surface area (Å²) < 4.78 is 32.6. The summed E-state index contributed by atoms with van der Waals surface area (Å²) in [6, 6.07) is 0. The first-order chi connectivity index (χ1) is 24.2. The Kier molecular flexibility index (Phi) is 35.2. The molecule has 0 bridgehead atoms. The van der Waals surface area contributed by atoms with Crippen LogP contribution in [0, 0.1) is 0 Å². The zero-order valence-corrected chi connectivity index (χ0v) is 32.8. The molecular formula is C39H75O10P. The molecule has 11 heteroatoms. The molecular weight excluding hydrogens is 659 g/mol. The van der Waals surface area contributed by atoms with Crippen molar-refractivity contribution in [3.05, 3.63) is 12.2 Å². The Morgan fingerprint density at radius 2 is 0.980 bits per heavy atom. The lowest BCUT2D eigenvalue weighted by molar-refractivity contribution is -0.161. The summed E-state index contributed by atoms with van der Waals surface area (Å²) in [7, 11) is -4.61. The number of hydrogen-bond acceptors (Lipinski definition) is 9. The number of aliphatic hydroxyl groups is 2. The van der Waals surface area contributed by atoms with Crippen molar-refractivity contribution in [1.82, 2.24) is 0 Å². The van der Waals surface area contributed by atoms with E-state index in [4.69, 9.17) is 19.1 Å². The van der Waals surface area contributed by atoms with Gasteiger partial charge in [0.25, 0.3) is 0 Å². The van der Waals surface area contributed by atoms with Gasteiger partial charge in [0.05, 0.1) is 19.8 Å². The second-order valence-electron chi connectivity index (χ2n) is 13.7. The van der Waals surface area contributed by atoms with Crippen LogP contribution in [0.4, 0.5) is 0 Å². The number of aliphatic hydroxyl groups excluding tert-OH is 2. The van der Waals surface area contributed by atoms with Crippen LogP contribution in [0.5, 0.6) is 0 Å². The lowest BCUT2D eigenvalue weighted by Crippen LogP contribution is -2.29. The van der Waals surface area contributed by atoms with Crippen molar-refractivity contribution >= 4 is 19.8 Å². The van der Waals surface area contributed by atoms with E-state index in [9.17, 15) is 24.2 Å². The van der Waals surface area contributed by atoms with Crippen LogP contribution in [0.1, 0.15) is 187 Å². The smallest absolute Gasteiger partial charge is 0.462 e. The monoisotopic (exact) mass is 735 g/mol. The highest BCUT2D eigenvalue weighted by atomic mass is 31.2. The summed E-state index contributed by atoms with van der Waals surface area (Å²) in [5.41, 5.74) is 0. The third kappa shape index (κ3) is 35.1. The molecule has 10 nitrogen and oxygen atoms in total. The summed E-state index contributed by atoms with van der Waals surface area (Å²) >= 11 is 0. The number of esters is 2. The van der Waals surface area contributed by atoms with Crippen LogP contribution >= 0.6 is 7.82 Å². The zero-order chi connectivity index (χ0) is 37.0. The average Bonchev–Trinajstić information content (AvgIpc) is 3.10. The van der Waals surface area contributed by atoms with E-state index in [0.29, 0.717) is 12.8 Å². The molecule has 3 atom stereocenters. The molecule has 1 unspecified atom stereocenters. The minimum absolute atomic E-state index is 0.188. The fourth-order valence-electron chi connectivity index (χ4n) is 5.52. The van der Waals surface area contributed by atoms with Crippen LogP contribution in [0.15, 0.2) is 12.2 Å². The van der Waals surface area contributed by atoms with E-state index in [1.165, 1.54) is 89.9 Å². The minimum Gasteiger partial charge on any atom is -0.462 e. The van der Waals surface area contributed by atoms with E-state index < -0.39 is 51.8 Å². The topological polar surface area (TPSA) is 149 Å². The maximum atomic E-state index is 12.6. The van der Waals surface area contributed by atoms with E-state index in [0.717, 1.165) is 57.8 Å². The molecule has 0 rings (SSSR count). The van der Waals surface area contributed by atoms with E-state index >= 15 is 0 Å². The molecule has 0 fully saturated rings. The Morgan fingerprint density at radius 3 is 1.46 bits per heavy atom. The number of carbonyl (C=O) groups is 2. The summed E-state index contributed by atoms with van der Waals surface area (Å²) in [6.45, 7) is 2.36. The number of ether oxygens (including phenoxy) is 2. The molecule has 0 aliphatic carbocycles. The molecule has 0 aliphatic rings. The van der Waals surface area contributed by atoms with Gasteiger partial charge in [-0.15, -0.1) is 0 Å². The van der Waals surface area contributed by atoms with Crippen molar-refractivity contribution in [2.45, 2.75) is 199 Å². The second-order valence-corrected chi connectivity index (χ2v) is 15.1. The first kappa shape index (κ1) is 48.7. The van der Waals surface area contributed by atoms with Gasteiger partial charge in [0.1, 0.15) is 12.7 Å². The van der Waals surface area contributed by atoms with Crippen molar-refractivity contribution in [3.8, 4) is 0 Å². The van der Waals surface area contributed by atoms with Gasteiger partial charge in [0, 0.05) is 12.8 Å². The molecule has 50 heavy (non-hydrogen) atoms. The van der Waals surface area contributed by atoms with Gasteiger partial charge in [-0.2, -0.15) is 0 Å². The molecule has 0 aromatic rings. The van der Waals surface area contributed by atoms with Crippen LogP contribution in [0.3, 0.4) is 0 Å². The molecule has 0 heterocycles. The van der Waals surface area contributed by atoms with Crippen molar-refractivity contribution in [2.75, 3.05) is 26.4 Å². The Bertz CT molecular complexity index is 853. The largest absolute Gasteiger partial charge is 0.472 e. The van der Waals surface area contributed by atoms with Gasteiger partial charge in [0.15, 0.2) is 6.10 Å². The Balaban J connectivity index is 4.33. The Morgan fingerprint density at radius 1 is 0.580 bits per heavy atom. The van der Waals surface area contributed by atoms with Gasteiger partial charge in [-0.1, -0.05) is 148 Å². The third-order valence-electron chi connectivity index (χ3n) is 8.67. The van der Waals surface area contributed by atoms with Crippen molar-refractivity contribution in [2.24, 2.45) is 0 Å². The maximum absolute atomic E-state index is 12.6. The molecule has 0 radical (unpaired) electrons. The van der Waals surface area contributed by atoms with Gasteiger partial charge in [-0.25, -0.2) is 4.57 Å². The highest BCUT2D eigenvalue weighted by molar-refractivity contribution is 7.47. The number of hydrogen-bond donors (Lipinski definition) is 3. The molecule has 0 aromatic carbocycles. The van der Waals surface area contributed by atoms with Gasteiger partial charge in [-0.05, 0) is 38.5 Å². The van der Waals surface area contributed by atoms with Crippen molar-refractivity contribution in [1.29, 1.82) is 0 Å². The number of unbranched alkanes of at least 4 members (excludes halogenated alkanes) is 22. The molecule has 0 spiro atoms. The zero-order valence-electron chi connectivity index (χ0n) is 31.9. The van der Waals surface area contributed by atoms with Crippen molar-refractivity contribution < 1.29 is 47.8 Å². The number of phosphoric acid groups is 1. The SMILES string of the molecule is CCCCCC/C=C\CCCCCCCC(=O)OC[C@H](COP(=O)(O)OC[C@@H](O)CO)OC(=O)CCCCCCCCCCCCCCCC. The third-order valence-corrected chi connectivity index (χ3v) is 9.62. The first-order valence-corrected chi connectivity index (χ1v) is 21.6. The Hall–Kier alpha value is -1.29. The van der Waals surface area contributed by atoms with Crippen molar-refractivity contribution in [3.63, 3.8) is 0 Å². The second kappa shape index (κ2) is 36.1. The standard InChI is InChI=1S/C39H75O10P/c1-3-5-7-9-11-13-15-17-19-21-23-25-27-29-31-39(43)49-37(35-48-50(44,45)47-33-36(41)32-40)34-46-38(42)30-28-26-24-22-20-18-16-14-12-10-8-6-4-2/h14,16,36-37,40-41H,3-13,15,17-35H2,1-2H3,(H,44,45)/b16-14-/t36-,37+/m0/s1. The van der Waals surface area contributed by atoms with Gasteiger partial charge < -0.3 is 24.6 Å². The van der Waals surface area contributed by atoms with E-state index in [-0.39, 0.29) is 19.4 Å². The average molecular weight is 735 g/mol. The number of phosphoric ester groups is 1. The van der Waals surface area contributed by atoms with Gasteiger partial charge in [0.2, 0.25) is 0 Å². The predicted octanol–water partition coefficient (Wildman–Crippen LogP) is 10.1. The molecule has 0 aromatic heterocycles. The maximum Gasteiger partial charge on any atom is 0.472 e. The molecule has 0 saturated heterocycles. The lowest BCUT2D eigenvalue weighted by atomic mass is 10.0. The molecule has 0 aliphatic heterocycles. The Labute approximate surface area is 305 Å². The molecule has 0 amide bonds. The molecule has 3 N–H and O–H groups in total. The van der Waals surface area contributed by atoms with E-state index in [1.54, 1.807) is 0 Å². The van der Waals surface area contributed by atoms with E-state index in [1.807, 2.05) is 0 Å². The van der Waals surface area contributed by atoms with Crippen LogP contribution in [-0.2, 0) is 32.7 Å². The normalized spacial score (nSPS) is 14.1. The molecule has 0 saturated carbocycles. The summed E-state index contributed by atoms with van der Waals surface area (Å²) in [5, 5.41) is 18.3. The fourth-order valence-corrected chi connectivity index (χ4v) is 6.31. The summed E-state index contributed by atoms with van der Waals surface area (Å²) in [6.07, 6.45) is 31.7. The number of rotatable bonds is 38. The van der Waals surface area contributed by atoms with Crippen LogP contribution in [-0.4, -0.2) is 65.7 Å². The quantitative estimate of drug-likeness (QED) is 0.0242. The van der Waals surface area contributed by atoms with Gasteiger partial charge >= 0.3 is 19.8 Å². The summed E-state index contributed by atoms with van der Waals surface area (Å²) in [5.74, 6) is -0.928. The number of carbonyl (C=O) groups excluding carboxylic acids is 2. The fraction of sp³-hybridized carbons (Fsp3) is 0.897. The van der Waals surface area contributed by atoms with Gasteiger partial charge in [-0.3, -0.25) is 18.6 Å². The summed E-state index contributed by atoms with van der Waals surface area (Å²) in [4.78, 5) is 34.8. The van der Waals surface area contributed by atoms with E-state index in [2.05, 4.69) is 30.5 Å². The molecule has 296 valence electrons. The highest BCUT2D eigenvalue weighted by Crippen LogP contribution is 2.43. The number of allylic oxidation sites excluding steroid dienone is 2.